The highest BCUT2D eigenvalue weighted by Gasteiger charge is 2.26. The van der Waals surface area contributed by atoms with Crippen LogP contribution >= 0.6 is 11.6 Å². The fourth-order valence-corrected chi connectivity index (χ4v) is 4.46. The van der Waals surface area contributed by atoms with E-state index in [9.17, 15) is 9.59 Å². The standard InChI is InChI=1S/C23H20ClN3O2/c24-18-7-8-20-21(14-18)27(23(29)25-20)19-9-11-26(12-10-19)22(28)17-6-5-15-3-1-2-4-16(15)13-17/h1-8,13-14,19H,9-12H2,(H,25,29). The third kappa shape index (κ3) is 3.21. The van der Waals surface area contributed by atoms with Crippen molar-refractivity contribution in [1.29, 1.82) is 0 Å². The van der Waals surface area contributed by atoms with Crippen molar-refractivity contribution in [3.8, 4) is 0 Å². The monoisotopic (exact) mass is 405 g/mol. The molecule has 1 saturated heterocycles. The summed E-state index contributed by atoms with van der Waals surface area (Å²) in [6, 6.07) is 19.3. The van der Waals surface area contributed by atoms with Crippen molar-refractivity contribution in [3.63, 3.8) is 0 Å². The molecule has 0 unspecified atom stereocenters. The molecule has 2 heterocycles. The Hall–Kier alpha value is -3.05. The molecule has 5 rings (SSSR count). The molecular weight excluding hydrogens is 386 g/mol. The number of benzene rings is 3. The largest absolute Gasteiger partial charge is 0.338 e. The number of hydrogen-bond donors (Lipinski definition) is 1. The zero-order valence-corrected chi connectivity index (χ0v) is 16.5. The Morgan fingerprint density at radius 3 is 2.52 bits per heavy atom. The Labute approximate surface area is 172 Å². The third-order valence-corrected chi connectivity index (χ3v) is 6.03. The van der Waals surface area contributed by atoms with Crippen LogP contribution < -0.4 is 5.69 Å². The number of rotatable bonds is 2. The molecule has 0 atom stereocenters. The summed E-state index contributed by atoms with van der Waals surface area (Å²) in [5.74, 6) is 0.0449. The topological polar surface area (TPSA) is 58.1 Å². The van der Waals surface area contributed by atoms with Crippen LogP contribution in [-0.2, 0) is 0 Å². The molecule has 0 spiro atoms. The summed E-state index contributed by atoms with van der Waals surface area (Å²) < 4.78 is 1.79. The SMILES string of the molecule is O=C(c1ccc2ccccc2c1)N1CCC(n2c(=O)[nH]c3ccc(Cl)cc32)CC1. The lowest BCUT2D eigenvalue weighted by molar-refractivity contribution is 0.0695. The molecule has 0 saturated carbocycles. The molecule has 1 N–H and O–H groups in total. The van der Waals surface area contributed by atoms with Crippen molar-refractivity contribution < 1.29 is 4.79 Å². The molecule has 0 aliphatic carbocycles. The number of nitrogens with one attached hydrogen (secondary N) is 1. The van der Waals surface area contributed by atoms with E-state index in [4.69, 9.17) is 11.6 Å². The number of H-pyrrole nitrogens is 1. The Balaban J connectivity index is 1.36. The van der Waals surface area contributed by atoms with Crippen LogP contribution in [-0.4, -0.2) is 33.4 Å². The minimum atomic E-state index is -0.124. The summed E-state index contributed by atoms with van der Waals surface area (Å²) in [4.78, 5) is 30.3. The van der Waals surface area contributed by atoms with E-state index < -0.39 is 0 Å². The number of carbonyl (C=O) groups is 1. The first-order valence-electron chi connectivity index (χ1n) is 9.78. The van der Waals surface area contributed by atoms with E-state index in [0.717, 1.165) is 34.6 Å². The predicted molar refractivity (Wildman–Crippen MR) is 116 cm³/mol. The molecule has 1 amide bonds. The lowest BCUT2D eigenvalue weighted by Crippen LogP contribution is -2.40. The van der Waals surface area contributed by atoms with Gasteiger partial charge in [-0.3, -0.25) is 9.36 Å². The summed E-state index contributed by atoms with van der Waals surface area (Å²) in [7, 11) is 0. The quantitative estimate of drug-likeness (QED) is 0.529. The predicted octanol–water partition coefficient (Wildman–Crippen LogP) is 4.61. The Morgan fingerprint density at radius 1 is 0.966 bits per heavy atom. The van der Waals surface area contributed by atoms with Crippen LogP contribution in [0.15, 0.2) is 65.5 Å². The second-order valence-corrected chi connectivity index (χ2v) is 7.98. The molecule has 1 aliphatic rings. The molecule has 0 bridgehead atoms. The van der Waals surface area contributed by atoms with E-state index >= 15 is 0 Å². The fraction of sp³-hybridized carbons (Fsp3) is 0.217. The van der Waals surface area contributed by atoms with E-state index in [1.54, 1.807) is 10.6 Å². The smallest absolute Gasteiger partial charge is 0.326 e. The Morgan fingerprint density at radius 2 is 1.72 bits per heavy atom. The molecule has 3 aromatic carbocycles. The van der Waals surface area contributed by atoms with Crippen molar-refractivity contribution in [2.24, 2.45) is 0 Å². The fourth-order valence-electron chi connectivity index (χ4n) is 4.29. The van der Waals surface area contributed by atoms with Gasteiger partial charge < -0.3 is 9.88 Å². The molecule has 1 fully saturated rings. The van der Waals surface area contributed by atoms with Gasteiger partial charge in [-0.1, -0.05) is 41.9 Å². The maximum atomic E-state index is 13.0. The normalized spacial score (nSPS) is 15.3. The van der Waals surface area contributed by atoms with Crippen LogP contribution in [0.1, 0.15) is 29.2 Å². The van der Waals surface area contributed by atoms with Crippen LogP contribution in [0.5, 0.6) is 0 Å². The Bertz CT molecular complexity index is 1280. The number of nitrogens with zero attached hydrogens (tertiary/aromatic N) is 2. The van der Waals surface area contributed by atoms with Crippen molar-refractivity contribution in [2.45, 2.75) is 18.9 Å². The number of aromatic amines is 1. The second kappa shape index (κ2) is 7.08. The van der Waals surface area contributed by atoms with Gasteiger partial charge in [0.1, 0.15) is 0 Å². The minimum Gasteiger partial charge on any atom is -0.338 e. The average molecular weight is 406 g/mol. The summed E-state index contributed by atoms with van der Waals surface area (Å²) in [5, 5.41) is 2.80. The summed E-state index contributed by atoms with van der Waals surface area (Å²) in [6.45, 7) is 1.24. The average Bonchev–Trinajstić information content (AvgIpc) is 3.08. The van der Waals surface area contributed by atoms with E-state index in [0.29, 0.717) is 23.7 Å². The number of halogens is 1. The number of carbonyl (C=O) groups excluding carboxylic acids is 1. The van der Waals surface area contributed by atoms with Crippen LogP contribution in [0.25, 0.3) is 21.8 Å². The first-order chi connectivity index (χ1) is 14.1. The Kier molecular flexibility index (Phi) is 4.40. The number of hydrogen-bond acceptors (Lipinski definition) is 2. The number of imidazole rings is 1. The maximum Gasteiger partial charge on any atom is 0.326 e. The van der Waals surface area contributed by atoms with Gasteiger partial charge in [-0.25, -0.2) is 4.79 Å². The summed E-state index contributed by atoms with van der Waals surface area (Å²) >= 11 is 6.13. The van der Waals surface area contributed by atoms with Gasteiger partial charge in [-0.2, -0.15) is 0 Å². The van der Waals surface area contributed by atoms with Crippen molar-refractivity contribution in [1.82, 2.24) is 14.5 Å². The second-order valence-electron chi connectivity index (χ2n) is 7.55. The molecular formula is C23H20ClN3O2. The number of aromatic nitrogens is 2. The molecule has 1 aromatic heterocycles. The van der Waals surface area contributed by atoms with Gasteiger partial charge in [0.2, 0.25) is 0 Å². The molecule has 4 aromatic rings. The van der Waals surface area contributed by atoms with E-state index in [2.05, 4.69) is 4.98 Å². The van der Waals surface area contributed by atoms with Crippen LogP contribution in [0.2, 0.25) is 5.02 Å². The summed E-state index contributed by atoms with van der Waals surface area (Å²) in [6.07, 6.45) is 1.47. The maximum absolute atomic E-state index is 13.0. The van der Waals surface area contributed by atoms with Crippen LogP contribution in [0.4, 0.5) is 0 Å². The summed E-state index contributed by atoms with van der Waals surface area (Å²) in [5.41, 5.74) is 2.19. The molecule has 0 radical (unpaired) electrons. The van der Waals surface area contributed by atoms with Gasteiger partial charge in [-0.15, -0.1) is 0 Å². The molecule has 146 valence electrons. The highest BCUT2D eigenvalue weighted by atomic mass is 35.5. The minimum absolute atomic E-state index is 0.0449. The first kappa shape index (κ1) is 18.0. The van der Waals surface area contributed by atoms with Crippen molar-refractivity contribution in [2.75, 3.05) is 13.1 Å². The van der Waals surface area contributed by atoms with Gasteiger partial charge in [0, 0.05) is 29.7 Å². The molecule has 1 aliphatic heterocycles. The molecule has 6 heteroatoms. The van der Waals surface area contributed by atoms with E-state index in [-0.39, 0.29) is 17.6 Å². The number of piperidine rings is 1. The highest BCUT2D eigenvalue weighted by molar-refractivity contribution is 6.31. The number of likely N-dealkylation sites (tertiary alicyclic amines) is 1. The van der Waals surface area contributed by atoms with Gasteiger partial charge in [-0.05, 0) is 53.9 Å². The van der Waals surface area contributed by atoms with Crippen molar-refractivity contribution in [3.05, 3.63) is 81.7 Å². The third-order valence-electron chi connectivity index (χ3n) is 5.79. The van der Waals surface area contributed by atoms with Gasteiger partial charge in [0.05, 0.1) is 11.0 Å². The lowest BCUT2D eigenvalue weighted by Gasteiger charge is -2.32. The van der Waals surface area contributed by atoms with Crippen molar-refractivity contribution >= 4 is 39.3 Å². The van der Waals surface area contributed by atoms with Gasteiger partial charge in [0.25, 0.3) is 5.91 Å². The molecule has 5 nitrogen and oxygen atoms in total. The van der Waals surface area contributed by atoms with Crippen LogP contribution in [0.3, 0.4) is 0 Å². The number of fused-ring (bicyclic) bond motifs is 2. The van der Waals surface area contributed by atoms with Gasteiger partial charge >= 0.3 is 5.69 Å². The van der Waals surface area contributed by atoms with Gasteiger partial charge in [0.15, 0.2) is 0 Å². The zero-order valence-electron chi connectivity index (χ0n) is 15.8. The number of amides is 1. The van der Waals surface area contributed by atoms with E-state index in [1.807, 2.05) is 59.5 Å². The van der Waals surface area contributed by atoms with Crippen LogP contribution in [0, 0.1) is 0 Å². The first-order valence-corrected chi connectivity index (χ1v) is 10.2. The lowest BCUT2D eigenvalue weighted by atomic mass is 10.0. The van der Waals surface area contributed by atoms with E-state index in [1.165, 1.54) is 0 Å². The highest BCUT2D eigenvalue weighted by Crippen LogP contribution is 2.27. The zero-order chi connectivity index (χ0) is 20.0. The molecule has 29 heavy (non-hydrogen) atoms.